The third-order valence-electron chi connectivity index (χ3n) is 3.73. The number of nitrogens with one attached hydrogen (secondary N) is 4. The third-order valence-corrected chi connectivity index (χ3v) is 4.80. The number of carbonyl (C=O) groups is 1. The molecule has 0 unspecified atom stereocenters. The Morgan fingerprint density at radius 3 is 2.50 bits per heavy atom. The van der Waals surface area contributed by atoms with Gasteiger partial charge in [0.15, 0.2) is 4.84 Å². The molecule has 0 saturated carbocycles. The SMILES string of the molecule is CS(=O)(=O)NCC1=CN(c2ccc([C@@H](O)[C@@H](CF)NC(=O)C(Cl)Cl)cc2)NN1. The molecule has 1 aliphatic heterocycles. The minimum absolute atomic E-state index is 0.0825. The Kier molecular flexibility index (Phi) is 7.87. The molecule has 1 amide bonds. The number of nitrogens with zero attached hydrogens (tertiary/aromatic N) is 1. The van der Waals surface area contributed by atoms with E-state index >= 15 is 0 Å². The average molecular weight is 456 g/mol. The molecule has 2 rings (SSSR count). The summed E-state index contributed by atoms with van der Waals surface area (Å²) in [4.78, 5) is 10.1. The summed E-state index contributed by atoms with van der Waals surface area (Å²) in [7, 11) is -3.32. The van der Waals surface area contributed by atoms with Gasteiger partial charge in [-0.3, -0.25) is 9.80 Å². The first kappa shape index (κ1) is 22.7. The van der Waals surface area contributed by atoms with Crippen molar-refractivity contribution in [3.8, 4) is 0 Å². The van der Waals surface area contributed by atoms with Gasteiger partial charge in [0.05, 0.1) is 30.2 Å². The average Bonchev–Trinajstić information content (AvgIpc) is 3.12. The Labute approximate surface area is 171 Å². The highest BCUT2D eigenvalue weighted by Gasteiger charge is 2.25. The van der Waals surface area contributed by atoms with Crippen LogP contribution in [-0.4, -0.2) is 49.8 Å². The van der Waals surface area contributed by atoms with Crippen LogP contribution < -0.4 is 26.0 Å². The minimum Gasteiger partial charge on any atom is -0.386 e. The van der Waals surface area contributed by atoms with Crippen molar-refractivity contribution < 1.29 is 22.7 Å². The predicted octanol–water partition coefficient (Wildman–Crippen LogP) is 0.198. The van der Waals surface area contributed by atoms with Crippen molar-refractivity contribution in [1.29, 1.82) is 0 Å². The monoisotopic (exact) mass is 455 g/mol. The fourth-order valence-electron chi connectivity index (χ4n) is 2.30. The highest BCUT2D eigenvalue weighted by atomic mass is 35.5. The maximum atomic E-state index is 13.2. The first-order chi connectivity index (χ1) is 13.1. The second-order valence-corrected chi connectivity index (χ2v) is 8.89. The topological polar surface area (TPSA) is 123 Å². The normalized spacial score (nSPS) is 16.5. The van der Waals surface area contributed by atoms with E-state index in [0.717, 1.165) is 6.26 Å². The molecule has 1 aromatic carbocycles. The molecule has 0 radical (unpaired) electrons. The largest absolute Gasteiger partial charge is 0.386 e. The predicted molar refractivity (Wildman–Crippen MR) is 104 cm³/mol. The van der Waals surface area contributed by atoms with Crippen LogP contribution in [0, 0.1) is 0 Å². The molecule has 9 nitrogen and oxygen atoms in total. The summed E-state index contributed by atoms with van der Waals surface area (Å²) in [5.74, 6) is -0.797. The quantitative estimate of drug-likeness (QED) is 0.337. The lowest BCUT2D eigenvalue weighted by molar-refractivity contribution is -0.121. The molecule has 28 heavy (non-hydrogen) atoms. The highest BCUT2D eigenvalue weighted by Crippen LogP contribution is 2.22. The van der Waals surface area contributed by atoms with Gasteiger partial charge >= 0.3 is 0 Å². The van der Waals surface area contributed by atoms with Gasteiger partial charge in [-0.25, -0.2) is 17.5 Å². The summed E-state index contributed by atoms with van der Waals surface area (Å²) in [6.07, 6.45) is 1.41. The number of sulfonamides is 1. The molecule has 2 atom stereocenters. The third kappa shape index (κ3) is 6.47. The van der Waals surface area contributed by atoms with Crippen LogP contribution in [0.15, 0.2) is 36.2 Å². The van der Waals surface area contributed by atoms with Crippen LogP contribution in [0.3, 0.4) is 0 Å². The summed E-state index contributed by atoms with van der Waals surface area (Å²) in [6, 6.07) is 5.24. The van der Waals surface area contributed by atoms with Gasteiger partial charge in [0.1, 0.15) is 12.8 Å². The summed E-state index contributed by atoms with van der Waals surface area (Å²) in [5, 5.41) is 14.1. The van der Waals surface area contributed by atoms with Crippen molar-refractivity contribution in [3.05, 3.63) is 41.7 Å². The molecule has 1 aromatic rings. The number of carbonyl (C=O) groups excluding carboxylic acids is 1. The fourth-order valence-corrected chi connectivity index (χ4v) is 2.85. The molecule has 5 N–H and O–H groups in total. The van der Waals surface area contributed by atoms with Gasteiger partial charge in [-0.15, -0.1) is 5.53 Å². The van der Waals surface area contributed by atoms with Crippen LogP contribution in [0.1, 0.15) is 11.7 Å². The molecule has 0 aromatic heterocycles. The summed E-state index contributed by atoms with van der Waals surface area (Å²) in [6.45, 7) is -0.925. The van der Waals surface area contributed by atoms with E-state index in [4.69, 9.17) is 23.2 Å². The number of halogens is 3. The minimum atomic E-state index is -3.32. The molecular weight excluding hydrogens is 436 g/mol. The van der Waals surface area contributed by atoms with Crippen LogP contribution in [0.25, 0.3) is 0 Å². The van der Waals surface area contributed by atoms with Crippen molar-refractivity contribution >= 4 is 44.8 Å². The molecule has 0 saturated heterocycles. The fraction of sp³-hybridized carbons (Fsp3) is 0.400. The van der Waals surface area contributed by atoms with Crippen molar-refractivity contribution in [3.63, 3.8) is 0 Å². The van der Waals surface area contributed by atoms with E-state index in [2.05, 4.69) is 21.0 Å². The molecule has 156 valence electrons. The number of hydrogen-bond acceptors (Lipinski definition) is 7. The molecule has 0 spiro atoms. The first-order valence-electron chi connectivity index (χ1n) is 7.99. The molecule has 13 heteroatoms. The van der Waals surface area contributed by atoms with Gasteiger partial charge in [0.25, 0.3) is 5.91 Å². The molecule has 0 fully saturated rings. The van der Waals surface area contributed by atoms with E-state index < -0.39 is 39.6 Å². The van der Waals surface area contributed by atoms with Crippen LogP contribution >= 0.6 is 23.2 Å². The Balaban J connectivity index is 2.02. The lowest BCUT2D eigenvalue weighted by Crippen LogP contribution is -2.43. The van der Waals surface area contributed by atoms with Crippen molar-refractivity contribution in [1.82, 2.24) is 21.0 Å². The maximum absolute atomic E-state index is 13.2. The number of anilines is 1. The van der Waals surface area contributed by atoms with Crippen molar-refractivity contribution in [2.24, 2.45) is 0 Å². The maximum Gasteiger partial charge on any atom is 0.253 e. The summed E-state index contributed by atoms with van der Waals surface area (Å²) < 4.78 is 37.8. The summed E-state index contributed by atoms with van der Waals surface area (Å²) >= 11 is 10.8. The second kappa shape index (κ2) is 9.72. The number of hydrogen-bond donors (Lipinski definition) is 5. The van der Waals surface area contributed by atoms with Gasteiger partial charge in [-0.05, 0) is 17.7 Å². The molecule has 1 heterocycles. The van der Waals surface area contributed by atoms with E-state index in [0.29, 0.717) is 16.9 Å². The van der Waals surface area contributed by atoms with Gasteiger partial charge in [-0.1, -0.05) is 35.3 Å². The van der Waals surface area contributed by atoms with E-state index in [1.165, 1.54) is 0 Å². The zero-order chi connectivity index (χ0) is 20.9. The lowest BCUT2D eigenvalue weighted by Gasteiger charge is -2.23. The lowest BCUT2D eigenvalue weighted by atomic mass is 10.0. The van der Waals surface area contributed by atoms with Crippen molar-refractivity contribution in [2.45, 2.75) is 17.0 Å². The number of benzene rings is 1. The Morgan fingerprint density at radius 1 is 1.32 bits per heavy atom. The Hall–Kier alpha value is -1.63. The van der Waals surface area contributed by atoms with E-state index in [-0.39, 0.29) is 6.54 Å². The first-order valence-corrected chi connectivity index (χ1v) is 10.8. The standard InChI is InChI=1S/C15H20Cl2FN5O4S/c1-28(26,27)19-7-10-8-23(22-21-10)11-4-2-9(3-5-11)13(24)12(6-18)20-15(25)14(16)17/h2-5,8,12-14,19,21-22,24H,6-7H2,1H3,(H,20,25)/t12-,13-/m1/s1. The van der Waals surface area contributed by atoms with Crippen LogP contribution in [0.2, 0.25) is 0 Å². The molecule has 0 bridgehead atoms. The van der Waals surface area contributed by atoms with Gasteiger partial charge in [0, 0.05) is 6.20 Å². The van der Waals surface area contributed by atoms with Gasteiger partial charge in [-0.2, -0.15) is 0 Å². The second-order valence-electron chi connectivity index (χ2n) is 5.96. The number of hydrazine groups is 2. The number of alkyl halides is 3. The Morgan fingerprint density at radius 2 is 1.96 bits per heavy atom. The van der Waals surface area contributed by atoms with Gasteiger partial charge < -0.3 is 15.8 Å². The zero-order valence-corrected chi connectivity index (χ0v) is 17.0. The number of rotatable bonds is 9. The smallest absolute Gasteiger partial charge is 0.253 e. The number of aliphatic hydroxyl groups excluding tert-OH is 1. The zero-order valence-electron chi connectivity index (χ0n) is 14.7. The number of aliphatic hydroxyl groups is 1. The van der Waals surface area contributed by atoms with Crippen LogP contribution in [0.5, 0.6) is 0 Å². The highest BCUT2D eigenvalue weighted by molar-refractivity contribution is 7.88. The number of amides is 1. The molecule has 0 aliphatic carbocycles. The van der Waals surface area contributed by atoms with E-state index in [1.54, 1.807) is 35.5 Å². The Bertz CT molecular complexity index is 822. The molecule has 1 aliphatic rings. The van der Waals surface area contributed by atoms with Crippen LogP contribution in [0.4, 0.5) is 10.1 Å². The van der Waals surface area contributed by atoms with E-state index in [9.17, 15) is 22.7 Å². The van der Waals surface area contributed by atoms with Crippen molar-refractivity contribution in [2.75, 3.05) is 24.5 Å². The summed E-state index contributed by atoms with van der Waals surface area (Å²) in [5.41, 5.74) is 7.27. The van der Waals surface area contributed by atoms with Crippen LogP contribution in [-0.2, 0) is 14.8 Å². The van der Waals surface area contributed by atoms with Gasteiger partial charge in [0.2, 0.25) is 10.0 Å². The van der Waals surface area contributed by atoms with E-state index in [1.807, 2.05) is 0 Å². The molecular formula is C15H20Cl2FN5O4S.